The van der Waals surface area contributed by atoms with Gasteiger partial charge in [-0.05, 0) is 38.6 Å². The number of rotatable bonds is 4. The summed E-state index contributed by atoms with van der Waals surface area (Å²) in [5.41, 5.74) is 0. The van der Waals surface area contributed by atoms with Gasteiger partial charge in [-0.15, -0.1) is 0 Å². The predicted octanol–water partition coefficient (Wildman–Crippen LogP) is 3.40. The molecule has 1 heterocycles. The smallest absolute Gasteiger partial charge is 0.149 e. The topological polar surface area (TPSA) is 20.3 Å². The molecule has 1 atom stereocenters. The van der Waals surface area contributed by atoms with Crippen molar-refractivity contribution in [2.24, 2.45) is 5.92 Å². The molecule has 0 aromatic rings. The number of piperidine rings is 1. The van der Waals surface area contributed by atoms with E-state index in [1.165, 1.54) is 44.9 Å². The lowest BCUT2D eigenvalue weighted by Gasteiger charge is -2.35. The maximum atomic E-state index is 12.3. The summed E-state index contributed by atoms with van der Waals surface area (Å²) in [4.78, 5) is 14.7. The van der Waals surface area contributed by atoms with Crippen molar-refractivity contribution in [3.63, 3.8) is 0 Å². The summed E-state index contributed by atoms with van der Waals surface area (Å²) >= 11 is 0. The lowest BCUT2D eigenvalue weighted by atomic mass is 9.85. The Bertz CT molecular complexity index is 245. The van der Waals surface area contributed by atoms with Gasteiger partial charge in [0.2, 0.25) is 0 Å². The highest BCUT2D eigenvalue weighted by atomic mass is 16.1. The van der Waals surface area contributed by atoms with E-state index in [0.29, 0.717) is 17.7 Å². The van der Waals surface area contributed by atoms with Gasteiger partial charge < -0.3 is 0 Å². The van der Waals surface area contributed by atoms with Gasteiger partial charge >= 0.3 is 0 Å². The van der Waals surface area contributed by atoms with Crippen molar-refractivity contribution >= 4 is 5.78 Å². The van der Waals surface area contributed by atoms with E-state index in [2.05, 4.69) is 11.8 Å². The average Bonchev–Trinajstić information content (AvgIpc) is 2.40. The molecule has 0 radical (unpaired) electrons. The second-order valence-corrected chi connectivity index (χ2v) is 5.83. The molecule has 0 N–H and O–H groups in total. The molecule has 2 fully saturated rings. The summed E-state index contributed by atoms with van der Waals surface area (Å²) in [5.74, 6) is 0.924. The lowest BCUT2D eigenvalue weighted by Crippen LogP contribution is -2.43. The summed E-state index contributed by atoms with van der Waals surface area (Å²) in [7, 11) is 0. The van der Waals surface area contributed by atoms with E-state index in [1.54, 1.807) is 0 Å². The van der Waals surface area contributed by atoms with Crippen LogP contribution in [0.25, 0.3) is 0 Å². The SMILES string of the molecule is CCC1CCCCN1CC(=O)C1CCCCC1. The summed E-state index contributed by atoms with van der Waals surface area (Å²) in [6.07, 6.45) is 11.3. The zero-order valence-corrected chi connectivity index (χ0v) is 11.3. The van der Waals surface area contributed by atoms with Crippen LogP contribution in [0, 0.1) is 5.92 Å². The molecule has 2 nitrogen and oxygen atoms in total. The molecule has 1 unspecified atom stereocenters. The van der Waals surface area contributed by atoms with Crippen molar-refractivity contribution in [3.05, 3.63) is 0 Å². The van der Waals surface area contributed by atoms with Crippen molar-refractivity contribution < 1.29 is 4.79 Å². The first-order chi connectivity index (χ1) is 8.31. The third-order valence-corrected chi connectivity index (χ3v) is 4.64. The maximum Gasteiger partial charge on any atom is 0.149 e. The Hall–Kier alpha value is -0.370. The van der Waals surface area contributed by atoms with Crippen LogP contribution in [0.15, 0.2) is 0 Å². The van der Waals surface area contributed by atoms with E-state index >= 15 is 0 Å². The highest BCUT2D eigenvalue weighted by Gasteiger charge is 2.27. The number of likely N-dealkylation sites (tertiary alicyclic amines) is 1. The highest BCUT2D eigenvalue weighted by molar-refractivity contribution is 5.83. The van der Waals surface area contributed by atoms with E-state index in [-0.39, 0.29) is 0 Å². The first-order valence-corrected chi connectivity index (χ1v) is 7.58. The van der Waals surface area contributed by atoms with E-state index in [4.69, 9.17) is 0 Å². The van der Waals surface area contributed by atoms with Gasteiger partial charge in [-0.3, -0.25) is 9.69 Å². The van der Waals surface area contributed by atoms with Crippen LogP contribution in [-0.2, 0) is 4.79 Å². The molecule has 2 heteroatoms. The van der Waals surface area contributed by atoms with Crippen LogP contribution < -0.4 is 0 Å². The number of hydrogen-bond acceptors (Lipinski definition) is 2. The standard InChI is InChI=1S/C15H27NO/c1-2-14-10-6-7-11-16(14)12-15(17)13-8-4-3-5-9-13/h13-14H,2-12H2,1H3. The number of carbonyl (C=O) groups excluding carboxylic acids is 1. The predicted molar refractivity (Wildman–Crippen MR) is 71.1 cm³/mol. The van der Waals surface area contributed by atoms with Gasteiger partial charge in [0, 0.05) is 12.0 Å². The van der Waals surface area contributed by atoms with Crippen LogP contribution in [0.4, 0.5) is 0 Å². The molecule has 0 amide bonds. The average molecular weight is 237 g/mol. The largest absolute Gasteiger partial charge is 0.298 e. The maximum absolute atomic E-state index is 12.3. The van der Waals surface area contributed by atoms with Gasteiger partial charge in [-0.25, -0.2) is 0 Å². The molecule has 98 valence electrons. The summed E-state index contributed by atoms with van der Waals surface area (Å²) in [5, 5.41) is 0. The highest BCUT2D eigenvalue weighted by Crippen LogP contribution is 2.26. The quantitative estimate of drug-likeness (QED) is 0.747. The minimum atomic E-state index is 0.392. The zero-order chi connectivity index (χ0) is 12.1. The number of hydrogen-bond donors (Lipinski definition) is 0. The molecule has 0 aromatic carbocycles. The number of ketones is 1. The van der Waals surface area contributed by atoms with Gasteiger partial charge in [0.05, 0.1) is 6.54 Å². The minimum Gasteiger partial charge on any atom is -0.298 e. The second kappa shape index (κ2) is 6.53. The molecule has 1 aliphatic carbocycles. The van der Waals surface area contributed by atoms with E-state index < -0.39 is 0 Å². The van der Waals surface area contributed by atoms with Crippen LogP contribution in [0.3, 0.4) is 0 Å². The van der Waals surface area contributed by atoms with Crippen molar-refractivity contribution in [1.82, 2.24) is 4.90 Å². The van der Waals surface area contributed by atoms with E-state index in [0.717, 1.165) is 25.9 Å². The van der Waals surface area contributed by atoms with Crippen molar-refractivity contribution in [3.8, 4) is 0 Å². The van der Waals surface area contributed by atoms with Gasteiger partial charge in [-0.2, -0.15) is 0 Å². The normalized spacial score (nSPS) is 28.2. The molecule has 2 aliphatic rings. The van der Waals surface area contributed by atoms with Gasteiger partial charge in [0.1, 0.15) is 5.78 Å². The molecule has 0 aromatic heterocycles. The van der Waals surface area contributed by atoms with Crippen molar-refractivity contribution in [2.75, 3.05) is 13.1 Å². The summed E-state index contributed by atoms with van der Waals surface area (Å²) in [6, 6.07) is 0.677. The molecule has 1 saturated heterocycles. The fraction of sp³-hybridized carbons (Fsp3) is 0.933. The number of nitrogens with zero attached hydrogens (tertiary/aromatic N) is 1. The lowest BCUT2D eigenvalue weighted by molar-refractivity contribution is -0.125. The minimum absolute atomic E-state index is 0.392. The third kappa shape index (κ3) is 3.54. The molecule has 1 saturated carbocycles. The molecular formula is C15H27NO. The Morgan fingerprint density at radius 2 is 1.76 bits per heavy atom. The van der Waals surface area contributed by atoms with E-state index in [1.807, 2.05) is 0 Å². The Morgan fingerprint density at radius 1 is 1.06 bits per heavy atom. The van der Waals surface area contributed by atoms with Gasteiger partial charge in [0.15, 0.2) is 0 Å². The number of Topliss-reactive ketones (excluding diaryl/α,β-unsaturated/α-hetero) is 1. The van der Waals surface area contributed by atoms with Crippen molar-refractivity contribution in [1.29, 1.82) is 0 Å². The van der Waals surface area contributed by atoms with Crippen LogP contribution in [0.2, 0.25) is 0 Å². The van der Waals surface area contributed by atoms with Crippen molar-refractivity contribution in [2.45, 2.75) is 70.8 Å². The molecule has 0 bridgehead atoms. The molecule has 1 aliphatic heterocycles. The molecular weight excluding hydrogens is 210 g/mol. The van der Waals surface area contributed by atoms with Crippen LogP contribution in [-0.4, -0.2) is 29.8 Å². The van der Waals surface area contributed by atoms with Crippen LogP contribution >= 0.6 is 0 Å². The molecule has 2 rings (SSSR count). The second-order valence-electron chi connectivity index (χ2n) is 5.83. The Morgan fingerprint density at radius 3 is 2.47 bits per heavy atom. The van der Waals surface area contributed by atoms with Gasteiger partial charge in [0.25, 0.3) is 0 Å². The van der Waals surface area contributed by atoms with Crippen LogP contribution in [0.5, 0.6) is 0 Å². The first-order valence-electron chi connectivity index (χ1n) is 7.58. The monoisotopic (exact) mass is 237 g/mol. The van der Waals surface area contributed by atoms with Crippen LogP contribution in [0.1, 0.15) is 64.7 Å². The number of carbonyl (C=O) groups is 1. The molecule has 17 heavy (non-hydrogen) atoms. The Kier molecular flexibility index (Phi) is 5.02. The Labute approximate surface area is 106 Å². The fourth-order valence-corrected chi connectivity index (χ4v) is 3.48. The fourth-order valence-electron chi connectivity index (χ4n) is 3.48. The van der Waals surface area contributed by atoms with Gasteiger partial charge in [-0.1, -0.05) is 32.6 Å². The summed E-state index contributed by atoms with van der Waals surface area (Å²) in [6.45, 7) is 4.15. The zero-order valence-electron chi connectivity index (χ0n) is 11.3. The van der Waals surface area contributed by atoms with E-state index in [9.17, 15) is 4.79 Å². The molecule has 0 spiro atoms. The third-order valence-electron chi connectivity index (χ3n) is 4.64. The first kappa shape index (κ1) is 13.1. The Balaban J connectivity index is 1.83. The summed E-state index contributed by atoms with van der Waals surface area (Å²) < 4.78 is 0.